The van der Waals surface area contributed by atoms with Gasteiger partial charge in [0.2, 0.25) is 0 Å². The minimum absolute atomic E-state index is 0.383. The molecule has 0 bridgehead atoms. The van der Waals surface area contributed by atoms with Gasteiger partial charge in [0.05, 0.1) is 7.11 Å². The lowest BCUT2D eigenvalue weighted by Crippen LogP contribution is -2.36. The van der Waals surface area contributed by atoms with Gasteiger partial charge >= 0.3 is 11.8 Å². The molecular formula is C12H15ClN2O3. The molecule has 5 nitrogen and oxygen atoms in total. The number of rotatable bonds is 5. The van der Waals surface area contributed by atoms with Gasteiger partial charge in [-0.1, -0.05) is 6.07 Å². The molecule has 0 aliphatic heterocycles. The topological polar surface area (TPSA) is 67.4 Å². The molecule has 0 unspecified atom stereocenters. The van der Waals surface area contributed by atoms with Crippen LogP contribution in [-0.4, -0.2) is 31.3 Å². The molecule has 6 heteroatoms. The Morgan fingerprint density at radius 3 is 2.78 bits per heavy atom. The fourth-order valence-electron chi connectivity index (χ4n) is 1.24. The molecule has 0 atom stereocenters. The van der Waals surface area contributed by atoms with Crippen LogP contribution in [0.4, 0.5) is 5.69 Å². The number of halogens is 1. The van der Waals surface area contributed by atoms with Crippen molar-refractivity contribution in [1.82, 2.24) is 5.32 Å². The molecule has 0 saturated carbocycles. The van der Waals surface area contributed by atoms with Crippen molar-refractivity contribution in [1.29, 1.82) is 0 Å². The molecule has 0 heterocycles. The standard InChI is InChI=1S/C12H15ClN2O3/c1-18-10-5-2-4-9(8-10)15-12(17)11(16)14-7-3-6-13/h2,4-5,8H,3,6-7H2,1H3,(H,14,16)(H,15,17). The Labute approximate surface area is 110 Å². The zero-order chi connectivity index (χ0) is 13.4. The Kier molecular flexibility index (Phi) is 6.00. The fraction of sp³-hybridized carbons (Fsp3) is 0.333. The summed E-state index contributed by atoms with van der Waals surface area (Å²) in [6.45, 7) is 0.383. The van der Waals surface area contributed by atoms with E-state index in [0.29, 0.717) is 30.3 Å². The van der Waals surface area contributed by atoms with Crippen LogP contribution in [0.15, 0.2) is 24.3 Å². The van der Waals surface area contributed by atoms with Crippen LogP contribution in [0.1, 0.15) is 6.42 Å². The first-order chi connectivity index (χ1) is 8.67. The second kappa shape index (κ2) is 7.55. The van der Waals surface area contributed by atoms with E-state index >= 15 is 0 Å². The first-order valence-electron chi connectivity index (χ1n) is 5.46. The van der Waals surface area contributed by atoms with Crippen LogP contribution in [0, 0.1) is 0 Å². The number of methoxy groups -OCH3 is 1. The van der Waals surface area contributed by atoms with E-state index in [-0.39, 0.29) is 0 Å². The fourth-order valence-corrected chi connectivity index (χ4v) is 1.37. The summed E-state index contributed by atoms with van der Waals surface area (Å²) in [6, 6.07) is 6.77. The van der Waals surface area contributed by atoms with Crippen LogP contribution >= 0.6 is 11.6 Å². The van der Waals surface area contributed by atoms with Gasteiger partial charge in [-0.2, -0.15) is 0 Å². The lowest BCUT2D eigenvalue weighted by molar-refractivity contribution is -0.136. The van der Waals surface area contributed by atoms with Crippen molar-refractivity contribution in [3.8, 4) is 5.75 Å². The molecular weight excluding hydrogens is 256 g/mol. The third kappa shape index (κ3) is 4.63. The van der Waals surface area contributed by atoms with E-state index in [0.717, 1.165) is 0 Å². The quantitative estimate of drug-likeness (QED) is 0.483. The number of amides is 2. The zero-order valence-corrected chi connectivity index (χ0v) is 10.8. The van der Waals surface area contributed by atoms with Crippen molar-refractivity contribution in [2.75, 3.05) is 24.9 Å². The van der Waals surface area contributed by atoms with Crippen molar-refractivity contribution in [2.45, 2.75) is 6.42 Å². The normalized spacial score (nSPS) is 9.67. The molecule has 98 valence electrons. The lowest BCUT2D eigenvalue weighted by Gasteiger charge is -2.07. The summed E-state index contributed by atoms with van der Waals surface area (Å²) in [5.41, 5.74) is 0.506. The van der Waals surface area contributed by atoms with Gasteiger partial charge < -0.3 is 15.4 Å². The Morgan fingerprint density at radius 2 is 2.11 bits per heavy atom. The maximum Gasteiger partial charge on any atom is 0.313 e. The third-order valence-electron chi connectivity index (χ3n) is 2.13. The highest BCUT2D eigenvalue weighted by Gasteiger charge is 2.12. The van der Waals surface area contributed by atoms with Gasteiger partial charge in [-0.3, -0.25) is 9.59 Å². The van der Waals surface area contributed by atoms with Crippen LogP contribution in [0.25, 0.3) is 0 Å². The predicted octanol–water partition coefficient (Wildman–Crippen LogP) is 1.38. The number of carbonyl (C=O) groups is 2. The first kappa shape index (κ1) is 14.3. The number of carbonyl (C=O) groups excluding carboxylic acids is 2. The number of nitrogens with one attached hydrogen (secondary N) is 2. The summed E-state index contributed by atoms with van der Waals surface area (Å²) >= 11 is 5.46. The van der Waals surface area contributed by atoms with Gasteiger partial charge in [0.1, 0.15) is 5.75 Å². The molecule has 1 rings (SSSR count). The average Bonchev–Trinajstić information content (AvgIpc) is 2.39. The number of benzene rings is 1. The first-order valence-corrected chi connectivity index (χ1v) is 6.00. The van der Waals surface area contributed by atoms with E-state index in [1.54, 1.807) is 24.3 Å². The van der Waals surface area contributed by atoms with Crippen molar-refractivity contribution < 1.29 is 14.3 Å². The minimum Gasteiger partial charge on any atom is -0.497 e. The van der Waals surface area contributed by atoms with Gasteiger partial charge in [0, 0.05) is 24.2 Å². The molecule has 0 radical (unpaired) electrons. The maximum atomic E-state index is 11.5. The monoisotopic (exact) mass is 270 g/mol. The average molecular weight is 271 g/mol. The van der Waals surface area contributed by atoms with Crippen molar-refractivity contribution in [2.24, 2.45) is 0 Å². The van der Waals surface area contributed by atoms with Crippen molar-refractivity contribution in [3.63, 3.8) is 0 Å². The summed E-state index contributed by atoms with van der Waals surface area (Å²) in [7, 11) is 1.53. The molecule has 2 amide bonds. The molecule has 0 aliphatic rings. The predicted molar refractivity (Wildman–Crippen MR) is 70.0 cm³/mol. The minimum atomic E-state index is -0.710. The van der Waals surface area contributed by atoms with E-state index in [1.165, 1.54) is 7.11 Å². The number of hydrogen-bond acceptors (Lipinski definition) is 3. The van der Waals surface area contributed by atoms with Crippen LogP contribution in [0.3, 0.4) is 0 Å². The van der Waals surface area contributed by atoms with Gasteiger partial charge in [-0.15, -0.1) is 11.6 Å². The largest absolute Gasteiger partial charge is 0.497 e. The molecule has 0 aliphatic carbocycles. The molecule has 0 saturated heterocycles. The van der Waals surface area contributed by atoms with Crippen LogP contribution in [0.5, 0.6) is 5.75 Å². The highest BCUT2D eigenvalue weighted by Crippen LogP contribution is 2.16. The number of hydrogen-bond donors (Lipinski definition) is 2. The Balaban J connectivity index is 2.50. The van der Waals surface area contributed by atoms with Crippen LogP contribution in [-0.2, 0) is 9.59 Å². The molecule has 0 spiro atoms. The zero-order valence-electron chi connectivity index (χ0n) is 10.0. The third-order valence-corrected chi connectivity index (χ3v) is 2.40. The summed E-state index contributed by atoms with van der Waals surface area (Å²) in [5.74, 6) is -0.339. The Morgan fingerprint density at radius 1 is 1.33 bits per heavy atom. The number of alkyl halides is 1. The van der Waals surface area contributed by atoms with E-state index in [1.807, 2.05) is 0 Å². The number of ether oxygens (including phenoxy) is 1. The van der Waals surface area contributed by atoms with Gasteiger partial charge in [0.15, 0.2) is 0 Å². The molecule has 1 aromatic rings. The molecule has 18 heavy (non-hydrogen) atoms. The summed E-state index contributed by atoms with van der Waals surface area (Å²) < 4.78 is 5.01. The highest BCUT2D eigenvalue weighted by molar-refractivity contribution is 6.39. The number of anilines is 1. The van der Waals surface area contributed by atoms with E-state index in [9.17, 15) is 9.59 Å². The molecule has 0 aromatic heterocycles. The smallest absolute Gasteiger partial charge is 0.313 e. The van der Waals surface area contributed by atoms with E-state index in [4.69, 9.17) is 16.3 Å². The summed E-state index contributed by atoms with van der Waals surface area (Å²) in [6.07, 6.45) is 0.625. The lowest BCUT2D eigenvalue weighted by atomic mass is 10.3. The van der Waals surface area contributed by atoms with Gasteiger partial charge in [-0.25, -0.2) is 0 Å². The maximum absolute atomic E-state index is 11.5. The Hall–Kier alpha value is -1.75. The van der Waals surface area contributed by atoms with Crippen molar-refractivity contribution >= 4 is 29.1 Å². The highest BCUT2D eigenvalue weighted by atomic mass is 35.5. The second-order valence-electron chi connectivity index (χ2n) is 3.48. The van der Waals surface area contributed by atoms with Crippen LogP contribution < -0.4 is 15.4 Å². The second-order valence-corrected chi connectivity index (χ2v) is 3.86. The van der Waals surface area contributed by atoms with E-state index < -0.39 is 11.8 Å². The summed E-state index contributed by atoms with van der Waals surface area (Å²) in [4.78, 5) is 22.9. The molecule has 2 N–H and O–H groups in total. The van der Waals surface area contributed by atoms with E-state index in [2.05, 4.69) is 10.6 Å². The van der Waals surface area contributed by atoms with Crippen molar-refractivity contribution in [3.05, 3.63) is 24.3 Å². The molecule has 1 aromatic carbocycles. The van der Waals surface area contributed by atoms with Gasteiger partial charge in [0.25, 0.3) is 0 Å². The SMILES string of the molecule is COc1cccc(NC(=O)C(=O)NCCCCl)c1. The van der Waals surface area contributed by atoms with Gasteiger partial charge in [-0.05, 0) is 18.6 Å². The molecule has 0 fully saturated rings. The Bertz CT molecular complexity index is 424. The summed E-state index contributed by atoms with van der Waals surface area (Å²) in [5, 5.41) is 4.94. The van der Waals surface area contributed by atoms with Crippen LogP contribution in [0.2, 0.25) is 0 Å².